The summed E-state index contributed by atoms with van der Waals surface area (Å²) in [4.78, 5) is 11.7. The molecule has 0 saturated carbocycles. The van der Waals surface area contributed by atoms with Crippen molar-refractivity contribution in [1.82, 2.24) is 0 Å². The van der Waals surface area contributed by atoms with Gasteiger partial charge in [0.2, 0.25) is 0 Å². The highest BCUT2D eigenvalue weighted by atomic mass is 19.1. The Morgan fingerprint density at radius 3 is 2.41 bits per heavy atom. The quantitative estimate of drug-likeness (QED) is 0.637. The van der Waals surface area contributed by atoms with E-state index in [2.05, 4.69) is 0 Å². The van der Waals surface area contributed by atoms with E-state index in [-0.39, 0.29) is 17.0 Å². The third kappa shape index (κ3) is 3.34. The lowest BCUT2D eigenvalue weighted by molar-refractivity contribution is 0.00703. The Labute approximate surface area is 99.5 Å². The van der Waals surface area contributed by atoms with Gasteiger partial charge in [-0.3, -0.25) is 0 Å². The third-order valence-corrected chi connectivity index (χ3v) is 1.94. The van der Waals surface area contributed by atoms with Gasteiger partial charge < -0.3 is 15.2 Å². The molecule has 4 nitrogen and oxygen atoms in total. The fraction of sp³-hybridized carbons (Fsp3) is 0.417. The molecule has 0 unspecified atom stereocenters. The summed E-state index contributed by atoms with van der Waals surface area (Å²) < 4.78 is 23.3. The first kappa shape index (κ1) is 13.3. The molecule has 0 saturated heterocycles. The Morgan fingerprint density at radius 2 is 1.94 bits per heavy atom. The van der Waals surface area contributed by atoms with Crippen molar-refractivity contribution in [1.29, 1.82) is 0 Å². The van der Waals surface area contributed by atoms with Crippen molar-refractivity contribution >= 4 is 11.7 Å². The van der Waals surface area contributed by atoms with E-state index in [0.717, 1.165) is 6.07 Å². The van der Waals surface area contributed by atoms with Crippen LogP contribution >= 0.6 is 0 Å². The van der Waals surface area contributed by atoms with Crippen LogP contribution in [0, 0.1) is 5.82 Å². The van der Waals surface area contributed by atoms with Crippen molar-refractivity contribution in [3.8, 4) is 5.75 Å². The van der Waals surface area contributed by atoms with Gasteiger partial charge >= 0.3 is 5.97 Å². The van der Waals surface area contributed by atoms with Crippen LogP contribution in [0.3, 0.4) is 0 Å². The summed E-state index contributed by atoms with van der Waals surface area (Å²) in [5.41, 5.74) is 5.11. The molecule has 0 spiro atoms. The molecule has 0 fully saturated rings. The second-order valence-corrected chi connectivity index (χ2v) is 4.58. The summed E-state index contributed by atoms with van der Waals surface area (Å²) in [5.74, 6) is -1.31. The smallest absolute Gasteiger partial charge is 0.340 e. The number of rotatable bonds is 2. The molecule has 17 heavy (non-hydrogen) atoms. The molecule has 0 aromatic heterocycles. The summed E-state index contributed by atoms with van der Waals surface area (Å²) in [5, 5.41) is 0. The molecule has 0 amide bonds. The first-order valence-corrected chi connectivity index (χ1v) is 5.11. The average Bonchev–Trinajstić information content (AvgIpc) is 2.18. The lowest BCUT2D eigenvalue weighted by Gasteiger charge is -2.20. The van der Waals surface area contributed by atoms with Gasteiger partial charge in [-0.25, -0.2) is 9.18 Å². The molecule has 0 radical (unpaired) electrons. The van der Waals surface area contributed by atoms with Crippen molar-refractivity contribution in [3.05, 3.63) is 23.5 Å². The summed E-state index contributed by atoms with van der Waals surface area (Å²) in [6, 6.07) is 2.27. The predicted octanol–water partition coefficient (Wildman–Crippen LogP) is 2.37. The zero-order chi connectivity index (χ0) is 13.2. The maximum absolute atomic E-state index is 13.4. The molecule has 0 heterocycles. The minimum absolute atomic E-state index is 0.00164. The van der Waals surface area contributed by atoms with Crippen LogP contribution in [0.15, 0.2) is 12.1 Å². The number of hydrogen-bond acceptors (Lipinski definition) is 4. The van der Waals surface area contributed by atoms with E-state index in [1.54, 1.807) is 20.8 Å². The van der Waals surface area contributed by atoms with Gasteiger partial charge in [-0.15, -0.1) is 0 Å². The molecule has 1 aromatic rings. The number of esters is 1. The number of nitrogen functional groups attached to an aromatic ring is 1. The molecule has 0 aliphatic heterocycles. The summed E-state index contributed by atoms with van der Waals surface area (Å²) in [6.07, 6.45) is 0. The number of ether oxygens (including phenoxy) is 2. The number of benzene rings is 1. The first-order valence-electron chi connectivity index (χ1n) is 5.11. The van der Waals surface area contributed by atoms with Gasteiger partial charge in [0.25, 0.3) is 0 Å². The Hall–Kier alpha value is -1.78. The van der Waals surface area contributed by atoms with Gasteiger partial charge in [0.05, 0.1) is 18.4 Å². The number of carbonyl (C=O) groups is 1. The highest BCUT2D eigenvalue weighted by Gasteiger charge is 2.21. The normalized spacial score (nSPS) is 11.1. The van der Waals surface area contributed by atoms with Crippen molar-refractivity contribution in [2.45, 2.75) is 26.4 Å². The largest absolute Gasteiger partial charge is 0.494 e. The molecule has 1 aromatic carbocycles. The van der Waals surface area contributed by atoms with Gasteiger partial charge in [-0.05, 0) is 26.8 Å². The lowest BCUT2D eigenvalue weighted by Crippen LogP contribution is -2.24. The van der Waals surface area contributed by atoms with Crippen LogP contribution < -0.4 is 10.5 Å². The Kier molecular flexibility index (Phi) is 3.60. The zero-order valence-corrected chi connectivity index (χ0v) is 10.3. The number of carbonyl (C=O) groups excluding carboxylic acids is 1. The molecule has 0 aliphatic carbocycles. The highest BCUT2D eigenvalue weighted by molar-refractivity contribution is 5.95. The number of nitrogens with two attached hydrogens (primary N) is 1. The predicted molar refractivity (Wildman–Crippen MR) is 62.5 cm³/mol. The van der Waals surface area contributed by atoms with Crippen LogP contribution in [-0.2, 0) is 4.74 Å². The van der Waals surface area contributed by atoms with E-state index in [1.807, 2.05) is 0 Å². The summed E-state index contributed by atoms with van der Waals surface area (Å²) in [7, 11) is 1.32. The van der Waals surface area contributed by atoms with Crippen LogP contribution in [0.1, 0.15) is 31.1 Å². The van der Waals surface area contributed by atoms with E-state index in [1.165, 1.54) is 13.2 Å². The number of hydrogen-bond donors (Lipinski definition) is 1. The minimum Gasteiger partial charge on any atom is -0.494 e. The molecule has 0 atom stereocenters. The number of methoxy groups -OCH3 is 1. The van der Waals surface area contributed by atoms with E-state index >= 15 is 0 Å². The van der Waals surface area contributed by atoms with Crippen molar-refractivity contribution in [2.24, 2.45) is 0 Å². The SMILES string of the molecule is COc1cc(N)c(C(=O)OC(C)(C)C)cc1F. The average molecular weight is 241 g/mol. The van der Waals surface area contributed by atoms with E-state index < -0.39 is 17.4 Å². The second-order valence-electron chi connectivity index (χ2n) is 4.58. The summed E-state index contributed by atoms with van der Waals surface area (Å²) in [6.45, 7) is 5.17. The van der Waals surface area contributed by atoms with Crippen LogP contribution in [0.5, 0.6) is 5.75 Å². The Bertz CT molecular complexity index is 438. The molecule has 94 valence electrons. The molecule has 0 aliphatic rings. The minimum atomic E-state index is -0.656. The van der Waals surface area contributed by atoms with Crippen molar-refractivity contribution in [2.75, 3.05) is 12.8 Å². The van der Waals surface area contributed by atoms with Gasteiger partial charge in [-0.1, -0.05) is 0 Å². The fourth-order valence-electron chi connectivity index (χ4n) is 1.24. The van der Waals surface area contributed by atoms with Gasteiger partial charge in [0, 0.05) is 6.07 Å². The Morgan fingerprint density at radius 1 is 1.35 bits per heavy atom. The van der Waals surface area contributed by atoms with E-state index in [9.17, 15) is 9.18 Å². The van der Waals surface area contributed by atoms with E-state index in [0.29, 0.717) is 0 Å². The van der Waals surface area contributed by atoms with Gasteiger partial charge in [0.1, 0.15) is 5.60 Å². The van der Waals surface area contributed by atoms with E-state index in [4.69, 9.17) is 15.2 Å². The van der Waals surface area contributed by atoms with Crippen LogP contribution in [0.25, 0.3) is 0 Å². The van der Waals surface area contributed by atoms with Crippen molar-refractivity contribution in [3.63, 3.8) is 0 Å². The third-order valence-electron chi connectivity index (χ3n) is 1.94. The number of halogens is 1. The van der Waals surface area contributed by atoms with Gasteiger partial charge in [0.15, 0.2) is 11.6 Å². The maximum atomic E-state index is 13.4. The van der Waals surface area contributed by atoms with Crippen LogP contribution in [-0.4, -0.2) is 18.7 Å². The molecule has 2 N–H and O–H groups in total. The first-order chi connectivity index (χ1) is 7.74. The van der Waals surface area contributed by atoms with Crippen LogP contribution in [0.4, 0.5) is 10.1 Å². The van der Waals surface area contributed by atoms with Gasteiger partial charge in [-0.2, -0.15) is 0 Å². The maximum Gasteiger partial charge on any atom is 0.340 e. The molecule has 0 bridgehead atoms. The Balaban J connectivity index is 3.07. The standard InChI is InChI=1S/C12H16FNO3/c1-12(2,3)17-11(15)7-5-8(13)10(16-4)6-9(7)14/h5-6H,14H2,1-4H3. The van der Waals surface area contributed by atoms with Crippen LogP contribution in [0.2, 0.25) is 0 Å². The highest BCUT2D eigenvalue weighted by Crippen LogP contribution is 2.25. The second kappa shape index (κ2) is 4.61. The lowest BCUT2D eigenvalue weighted by atomic mass is 10.1. The topological polar surface area (TPSA) is 61.5 Å². The zero-order valence-electron chi connectivity index (χ0n) is 10.3. The molecule has 1 rings (SSSR count). The molecular formula is C12H16FNO3. The molecular weight excluding hydrogens is 225 g/mol. The molecule has 5 heteroatoms. The fourth-order valence-corrected chi connectivity index (χ4v) is 1.24. The summed E-state index contributed by atoms with van der Waals surface area (Å²) >= 11 is 0. The van der Waals surface area contributed by atoms with Crippen molar-refractivity contribution < 1.29 is 18.7 Å². The number of anilines is 1. The monoisotopic (exact) mass is 241 g/mol.